The van der Waals surface area contributed by atoms with Crippen molar-refractivity contribution in [3.63, 3.8) is 0 Å². The van der Waals surface area contributed by atoms with E-state index in [-0.39, 0.29) is 6.10 Å². The fourth-order valence-electron chi connectivity index (χ4n) is 2.85. The highest BCUT2D eigenvalue weighted by Crippen LogP contribution is 2.34. The Hall–Kier alpha value is -2.93. The van der Waals surface area contributed by atoms with Gasteiger partial charge in [-0.3, -0.25) is 0 Å². The number of hydrogen-bond donors (Lipinski definition) is 1. The SMILES string of the molecule is CC(C)Oc1ccc2c(C#N)c(-c3ccc(N)cc3)n(C)c2c1. The van der Waals surface area contributed by atoms with E-state index >= 15 is 0 Å². The number of anilines is 1. The Labute approximate surface area is 135 Å². The molecule has 3 rings (SSSR count). The first-order valence-corrected chi connectivity index (χ1v) is 7.56. The Kier molecular flexibility index (Phi) is 3.71. The monoisotopic (exact) mass is 305 g/mol. The molecule has 0 aliphatic carbocycles. The van der Waals surface area contributed by atoms with Gasteiger partial charge in [-0.15, -0.1) is 0 Å². The minimum atomic E-state index is 0.111. The van der Waals surface area contributed by atoms with E-state index in [1.54, 1.807) is 0 Å². The number of aromatic nitrogens is 1. The van der Waals surface area contributed by atoms with Crippen molar-refractivity contribution in [3.8, 4) is 23.1 Å². The molecule has 0 atom stereocenters. The average Bonchev–Trinajstić information content (AvgIpc) is 2.80. The van der Waals surface area contributed by atoms with Gasteiger partial charge in [-0.25, -0.2) is 0 Å². The highest BCUT2D eigenvalue weighted by Gasteiger charge is 2.17. The van der Waals surface area contributed by atoms with Crippen molar-refractivity contribution in [1.29, 1.82) is 5.26 Å². The van der Waals surface area contributed by atoms with Gasteiger partial charge in [0.15, 0.2) is 0 Å². The largest absolute Gasteiger partial charge is 0.491 e. The van der Waals surface area contributed by atoms with E-state index in [4.69, 9.17) is 10.5 Å². The molecule has 0 aliphatic rings. The molecule has 1 heterocycles. The highest BCUT2D eigenvalue weighted by molar-refractivity contribution is 5.95. The predicted molar refractivity (Wildman–Crippen MR) is 93.2 cm³/mol. The van der Waals surface area contributed by atoms with Crippen LogP contribution in [-0.2, 0) is 7.05 Å². The lowest BCUT2D eigenvalue weighted by molar-refractivity contribution is 0.242. The summed E-state index contributed by atoms with van der Waals surface area (Å²) in [4.78, 5) is 0. The lowest BCUT2D eigenvalue weighted by Crippen LogP contribution is -2.05. The van der Waals surface area contributed by atoms with Gasteiger partial charge in [0.25, 0.3) is 0 Å². The molecule has 0 radical (unpaired) electrons. The van der Waals surface area contributed by atoms with E-state index in [0.717, 1.165) is 27.9 Å². The van der Waals surface area contributed by atoms with Gasteiger partial charge in [0.2, 0.25) is 0 Å². The van der Waals surface area contributed by atoms with E-state index < -0.39 is 0 Å². The molecular weight excluding hydrogens is 286 g/mol. The quantitative estimate of drug-likeness (QED) is 0.741. The Morgan fingerprint density at radius 2 is 1.83 bits per heavy atom. The number of nitrogen functional groups attached to an aromatic ring is 1. The molecular formula is C19H19N3O. The molecule has 1 aromatic heterocycles. The molecule has 0 saturated carbocycles. The number of fused-ring (bicyclic) bond motifs is 1. The summed E-state index contributed by atoms with van der Waals surface area (Å²) in [6, 6.07) is 15.8. The van der Waals surface area contributed by atoms with Gasteiger partial charge in [0.05, 0.1) is 22.9 Å². The van der Waals surface area contributed by atoms with Crippen LogP contribution in [0.3, 0.4) is 0 Å². The predicted octanol–water partition coefficient (Wildman–Crippen LogP) is 4.09. The average molecular weight is 305 g/mol. The van der Waals surface area contributed by atoms with Gasteiger partial charge in [0.1, 0.15) is 11.8 Å². The first-order valence-electron chi connectivity index (χ1n) is 7.56. The van der Waals surface area contributed by atoms with E-state index in [1.165, 1.54) is 0 Å². The fourth-order valence-corrected chi connectivity index (χ4v) is 2.85. The number of benzene rings is 2. The van der Waals surface area contributed by atoms with Crippen LogP contribution >= 0.6 is 0 Å². The molecule has 4 heteroatoms. The maximum atomic E-state index is 9.64. The second kappa shape index (κ2) is 5.69. The number of nitrogens with two attached hydrogens (primary N) is 1. The van der Waals surface area contributed by atoms with Crippen LogP contribution in [0, 0.1) is 11.3 Å². The lowest BCUT2D eigenvalue weighted by atomic mass is 10.1. The zero-order valence-corrected chi connectivity index (χ0v) is 13.5. The third-order valence-electron chi connectivity index (χ3n) is 3.84. The first kappa shape index (κ1) is 15.0. The maximum absolute atomic E-state index is 9.64. The van der Waals surface area contributed by atoms with Crippen LogP contribution in [0.4, 0.5) is 5.69 Å². The van der Waals surface area contributed by atoms with Crippen molar-refractivity contribution in [3.05, 3.63) is 48.0 Å². The van der Waals surface area contributed by atoms with Crippen LogP contribution in [0.2, 0.25) is 0 Å². The molecule has 3 aromatic rings. The zero-order chi connectivity index (χ0) is 16.6. The molecule has 2 aromatic carbocycles. The molecule has 0 unspecified atom stereocenters. The number of rotatable bonds is 3. The molecule has 0 amide bonds. The van der Waals surface area contributed by atoms with E-state index in [1.807, 2.05) is 67.9 Å². The number of nitrogens with zero attached hydrogens (tertiary/aromatic N) is 2. The minimum Gasteiger partial charge on any atom is -0.491 e. The van der Waals surface area contributed by atoms with Crippen LogP contribution < -0.4 is 10.5 Å². The second-order valence-electron chi connectivity index (χ2n) is 5.86. The Bertz CT molecular complexity index is 899. The maximum Gasteiger partial charge on any atom is 0.121 e. The third-order valence-corrected chi connectivity index (χ3v) is 3.84. The summed E-state index contributed by atoms with van der Waals surface area (Å²) in [5.41, 5.74) is 9.99. The first-order chi connectivity index (χ1) is 11.0. The van der Waals surface area contributed by atoms with Gasteiger partial charge in [-0.05, 0) is 43.7 Å². The number of ether oxygens (including phenoxy) is 1. The van der Waals surface area contributed by atoms with Crippen molar-refractivity contribution in [1.82, 2.24) is 4.57 Å². The summed E-state index contributed by atoms with van der Waals surface area (Å²) in [5, 5.41) is 10.6. The smallest absolute Gasteiger partial charge is 0.121 e. The summed E-state index contributed by atoms with van der Waals surface area (Å²) in [5.74, 6) is 0.807. The van der Waals surface area contributed by atoms with Gasteiger partial charge in [0, 0.05) is 24.2 Å². The molecule has 0 spiro atoms. The summed E-state index contributed by atoms with van der Waals surface area (Å²) in [6.07, 6.45) is 0.111. The molecule has 0 saturated heterocycles. The molecule has 2 N–H and O–H groups in total. The van der Waals surface area contributed by atoms with Gasteiger partial charge in [-0.1, -0.05) is 12.1 Å². The Morgan fingerprint density at radius 1 is 1.13 bits per heavy atom. The van der Waals surface area contributed by atoms with E-state index in [9.17, 15) is 5.26 Å². The number of nitriles is 1. The van der Waals surface area contributed by atoms with Gasteiger partial charge in [-0.2, -0.15) is 5.26 Å². The number of hydrogen-bond acceptors (Lipinski definition) is 3. The van der Waals surface area contributed by atoms with Crippen molar-refractivity contribution < 1.29 is 4.74 Å². The van der Waals surface area contributed by atoms with Crippen LogP contribution in [0.25, 0.3) is 22.2 Å². The Balaban J connectivity index is 2.24. The van der Waals surface area contributed by atoms with Crippen molar-refractivity contribution >= 4 is 16.6 Å². The summed E-state index contributed by atoms with van der Waals surface area (Å²) in [7, 11) is 1.97. The van der Waals surface area contributed by atoms with E-state index in [2.05, 4.69) is 6.07 Å². The second-order valence-corrected chi connectivity index (χ2v) is 5.86. The van der Waals surface area contributed by atoms with Crippen LogP contribution in [-0.4, -0.2) is 10.7 Å². The molecule has 23 heavy (non-hydrogen) atoms. The van der Waals surface area contributed by atoms with E-state index in [0.29, 0.717) is 11.3 Å². The summed E-state index contributed by atoms with van der Waals surface area (Å²) < 4.78 is 7.80. The molecule has 4 nitrogen and oxygen atoms in total. The molecule has 0 aliphatic heterocycles. The van der Waals surface area contributed by atoms with Crippen molar-refractivity contribution in [2.75, 3.05) is 5.73 Å². The third kappa shape index (κ3) is 2.62. The zero-order valence-electron chi connectivity index (χ0n) is 13.5. The van der Waals surface area contributed by atoms with Gasteiger partial charge < -0.3 is 15.0 Å². The molecule has 116 valence electrons. The Morgan fingerprint density at radius 3 is 2.43 bits per heavy atom. The number of aryl methyl sites for hydroxylation is 1. The van der Waals surface area contributed by atoms with Crippen LogP contribution in [0.1, 0.15) is 19.4 Å². The summed E-state index contributed by atoms with van der Waals surface area (Å²) >= 11 is 0. The highest BCUT2D eigenvalue weighted by atomic mass is 16.5. The lowest BCUT2D eigenvalue weighted by Gasteiger charge is -2.10. The standard InChI is InChI=1S/C19H19N3O/c1-12(2)23-15-8-9-16-17(11-20)19(22(3)18(16)10-15)13-4-6-14(21)7-5-13/h4-10,12H,21H2,1-3H3. The molecule has 0 bridgehead atoms. The summed E-state index contributed by atoms with van der Waals surface area (Å²) in [6.45, 7) is 3.99. The normalized spacial score (nSPS) is 10.9. The van der Waals surface area contributed by atoms with Crippen LogP contribution in [0.15, 0.2) is 42.5 Å². The minimum absolute atomic E-state index is 0.111. The fraction of sp³-hybridized carbons (Fsp3) is 0.211. The topological polar surface area (TPSA) is 64.0 Å². The van der Waals surface area contributed by atoms with Crippen LogP contribution in [0.5, 0.6) is 5.75 Å². The van der Waals surface area contributed by atoms with Crippen molar-refractivity contribution in [2.24, 2.45) is 7.05 Å². The molecule has 0 fully saturated rings. The van der Waals surface area contributed by atoms with Gasteiger partial charge >= 0.3 is 0 Å². The van der Waals surface area contributed by atoms with Crippen molar-refractivity contribution in [2.45, 2.75) is 20.0 Å².